The number of nitrogens with two attached hydrogens (primary N) is 1. The summed E-state index contributed by atoms with van der Waals surface area (Å²) >= 11 is 5.07. The van der Waals surface area contributed by atoms with Gasteiger partial charge in [0.1, 0.15) is 10.8 Å². The molecule has 1 aliphatic carbocycles. The van der Waals surface area contributed by atoms with Crippen molar-refractivity contribution in [1.82, 2.24) is 10.3 Å². The summed E-state index contributed by atoms with van der Waals surface area (Å²) in [6.45, 7) is 0.164. The van der Waals surface area contributed by atoms with Crippen molar-refractivity contribution in [2.24, 2.45) is 5.73 Å². The molecule has 1 amide bonds. The van der Waals surface area contributed by atoms with Gasteiger partial charge in [0, 0.05) is 11.4 Å². The molecule has 1 saturated carbocycles. The van der Waals surface area contributed by atoms with Crippen LogP contribution in [-0.2, 0) is 4.79 Å². The Bertz CT molecular complexity index is 712. The van der Waals surface area contributed by atoms with Crippen molar-refractivity contribution in [3.8, 4) is 0 Å². The summed E-state index contributed by atoms with van der Waals surface area (Å²) in [6, 6.07) is 9.95. The lowest BCUT2D eigenvalue weighted by molar-refractivity contribution is -0.119. The van der Waals surface area contributed by atoms with Gasteiger partial charge in [0.25, 0.3) is 0 Å². The van der Waals surface area contributed by atoms with Crippen molar-refractivity contribution in [1.29, 1.82) is 0 Å². The Morgan fingerprint density at radius 2 is 2.14 bits per heavy atom. The van der Waals surface area contributed by atoms with E-state index in [9.17, 15) is 4.79 Å². The quantitative estimate of drug-likeness (QED) is 0.730. The molecule has 108 valence electrons. The number of hydrogen-bond acceptors (Lipinski definition) is 4. The summed E-state index contributed by atoms with van der Waals surface area (Å²) in [7, 11) is 0. The van der Waals surface area contributed by atoms with E-state index >= 15 is 0 Å². The van der Waals surface area contributed by atoms with Gasteiger partial charge in [-0.2, -0.15) is 0 Å². The molecule has 0 bridgehead atoms. The van der Waals surface area contributed by atoms with Gasteiger partial charge in [-0.3, -0.25) is 4.79 Å². The Morgan fingerprint density at radius 3 is 2.86 bits per heavy atom. The molecule has 1 aromatic heterocycles. The highest BCUT2D eigenvalue weighted by Gasteiger charge is 2.23. The molecule has 0 spiro atoms. The third kappa shape index (κ3) is 3.28. The fourth-order valence-corrected chi connectivity index (χ4v) is 2.26. The van der Waals surface area contributed by atoms with Gasteiger partial charge in [-0.15, -0.1) is 0 Å². The van der Waals surface area contributed by atoms with Crippen LogP contribution >= 0.6 is 12.2 Å². The molecule has 0 saturated heterocycles. The molecule has 3 rings (SSSR count). The first-order chi connectivity index (χ1) is 10.1. The van der Waals surface area contributed by atoms with Crippen LogP contribution in [0.2, 0.25) is 0 Å². The molecule has 2 aromatic rings. The van der Waals surface area contributed by atoms with Gasteiger partial charge in [-0.05, 0) is 25.0 Å². The van der Waals surface area contributed by atoms with Gasteiger partial charge in [0.2, 0.25) is 5.91 Å². The molecule has 1 aromatic carbocycles. The van der Waals surface area contributed by atoms with E-state index in [4.69, 9.17) is 18.0 Å². The minimum atomic E-state index is -0.0404. The third-order valence-corrected chi connectivity index (χ3v) is 3.57. The molecule has 1 heterocycles. The molecule has 6 heteroatoms. The van der Waals surface area contributed by atoms with E-state index in [0.717, 1.165) is 23.7 Å². The molecule has 0 atom stereocenters. The fraction of sp³-hybridized carbons (Fsp3) is 0.267. The number of benzene rings is 1. The summed E-state index contributed by atoms with van der Waals surface area (Å²) in [5.41, 5.74) is 7.24. The van der Waals surface area contributed by atoms with Crippen molar-refractivity contribution >= 4 is 39.8 Å². The Balaban J connectivity index is 1.82. The lowest BCUT2D eigenvalue weighted by atomic mass is 10.1. The standard InChI is InChI=1S/C15H16N4OS/c16-14(21)11-7-9-3-1-2-4-12(9)19-15(11)17-8-13(20)18-10-5-6-10/h1-4,7,10H,5-6,8H2,(H2,16,21)(H,17,19)(H,18,20). The van der Waals surface area contributed by atoms with Gasteiger partial charge in [0.15, 0.2) is 0 Å². The normalized spacial score (nSPS) is 13.9. The van der Waals surface area contributed by atoms with Gasteiger partial charge < -0.3 is 16.4 Å². The summed E-state index contributed by atoms with van der Waals surface area (Å²) in [4.78, 5) is 16.5. The number of aromatic nitrogens is 1. The summed E-state index contributed by atoms with van der Waals surface area (Å²) in [5, 5.41) is 6.91. The van der Waals surface area contributed by atoms with E-state index in [-0.39, 0.29) is 17.4 Å². The number of anilines is 1. The van der Waals surface area contributed by atoms with Crippen LogP contribution in [-0.4, -0.2) is 28.5 Å². The van der Waals surface area contributed by atoms with Crippen molar-refractivity contribution in [3.05, 3.63) is 35.9 Å². The third-order valence-electron chi connectivity index (χ3n) is 3.35. The van der Waals surface area contributed by atoms with E-state index in [1.807, 2.05) is 30.3 Å². The van der Waals surface area contributed by atoms with Crippen LogP contribution in [0.15, 0.2) is 30.3 Å². The van der Waals surface area contributed by atoms with Crippen LogP contribution in [0.3, 0.4) is 0 Å². The first kappa shape index (κ1) is 13.8. The van der Waals surface area contributed by atoms with Crippen LogP contribution in [0.4, 0.5) is 5.82 Å². The Labute approximate surface area is 127 Å². The van der Waals surface area contributed by atoms with E-state index in [0.29, 0.717) is 17.4 Å². The summed E-state index contributed by atoms with van der Waals surface area (Å²) in [5.74, 6) is 0.508. The van der Waals surface area contributed by atoms with Crippen LogP contribution in [0, 0.1) is 0 Å². The van der Waals surface area contributed by atoms with Crippen LogP contribution in [0.5, 0.6) is 0 Å². The number of fused-ring (bicyclic) bond motifs is 1. The van der Waals surface area contributed by atoms with E-state index < -0.39 is 0 Å². The monoisotopic (exact) mass is 300 g/mol. The SMILES string of the molecule is NC(=S)c1cc2ccccc2nc1NCC(=O)NC1CC1. The van der Waals surface area contributed by atoms with Crippen molar-refractivity contribution < 1.29 is 4.79 Å². The zero-order valence-corrected chi connectivity index (χ0v) is 12.2. The van der Waals surface area contributed by atoms with E-state index in [1.165, 1.54) is 0 Å². The van der Waals surface area contributed by atoms with Gasteiger partial charge >= 0.3 is 0 Å². The predicted molar refractivity (Wildman–Crippen MR) is 87.3 cm³/mol. The second kappa shape index (κ2) is 5.65. The maximum absolute atomic E-state index is 11.7. The Hall–Kier alpha value is -2.21. The highest BCUT2D eigenvalue weighted by atomic mass is 32.1. The number of pyridine rings is 1. The Morgan fingerprint density at radius 1 is 1.38 bits per heavy atom. The highest BCUT2D eigenvalue weighted by molar-refractivity contribution is 7.80. The molecular weight excluding hydrogens is 284 g/mol. The molecule has 1 fully saturated rings. The van der Waals surface area contributed by atoms with Crippen molar-refractivity contribution in [2.75, 3.05) is 11.9 Å². The summed E-state index contributed by atoms with van der Waals surface area (Å²) in [6.07, 6.45) is 2.14. The zero-order valence-electron chi connectivity index (χ0n) is 11.4. The van der Waals surface area contributed by atoms with E-state index in [2.05, 4.69) is 15.6 Å². The number of carbonyl (C=O) groups is 1. The van der Waals surface area contributed by atoms with Crippen LogP contribution in [0.1, 0.15) is 18.4 Å². The van der Waals surface area contributed by atoms with Gasteiger partial charge in [-0.1, -0.05) is 30.4 Å². The van der Waals surface area contributed by atoms with Gasteiger partial charge in [0.05, 0.1) is 17.6 Å². The molecule has 21 heavy (non-hydrogen) atoms. The fourth-order valence-electron chi connectivity index (χ4n) is 2.11. The van der Waals surface area contributed by atoms with Crippen molar-refractivity contribution in [3.63, 3.8) is 0 Å². The number of para-hydroxylation sites is 1. The summed E-state index contributed by atoms with van der Waals surface area (Å²) < 4.78 is 0. The van der Waals surface area contributed by atoms with E-state index in [1.54, 1.807) is 0 Å². The average molecular weight is 300 g/mol. The number of thiocarbonyl (C=S) groups is 1. The molecule has 0 unspecified atom stereocenters. The predicted octanol–water partition coefficient (Wildman–Crippen LogP) is 1.56. The second-order valence-corrected chi connectivity index (χ2v) is 5.58. The zero-order chi connectivity index (χ0) is 14.8. The minimum absolute atomic E-state index is 0.0404. The molecule has 4 N–H and O–H groups in total. The number of nitrogens with zero attached hydrogens (tertiary/aromatic N) is 1. The lowest BCUT2D eigenvalue weighted by Crippen LogP contribution is -2.32. The topological polar surface area (TPSA) is 80.0 Å². The maximum Gasteiger partial charge on any atom is 0.239 e. The molecule has 1 aliphatic rings. The number of carbonyl (C=O) groups excluding carboxylic acids is 1. The molecule has 0 aliphatic heterocycles. The average Bonchev–Trinajstić information content (AvgIpc) is 3.28. The highest BCUT2D eigenvalue weighted by Crippen LogP contribution is 2.21. The second-order valence-electron chi connectivity index (χ2n) is 5.14. The first-order valence-electron chi connectivity index (χ1n) is 6.86. The molecule has 0 radical (unpaired) electrons. The number of nitrogens with one attached hydrogen (secondary N) is 2. The number of amides is 1. The number of hydrogen-bond donors (Lipinski definition) is 3. The Kier molecular flexibility index (Phi) is 3.70. The molecule has 5 nitrogen and oxygen atoms in total. The van der Waals surface area contributed by atoms with Gasteiger partial charge in [-0.25, -0.2) is 4.98 Å². The van der Waals surface area contributed by atoms with Crippen molar-refractivity contribution in [2.45, 2.75) is 18.9 Å². The number of rotatable bonds is 5. The minimum Gasteiger partial charge on any atom is -0.389 e. The molecular formula is C15H16N4OS. The maximum atomic E-state index is 11.7. The first-order valence-corrected chi connectivity index (χ1v) is 7.27. The van der Waals surface area contributed by atoms with Crippen LogP contribution < -0.4 is 16.4 Å². The largest absolute Gasteiger partial charge is 0.389 e. The lowest BCUT2D eigenvalue weighted by Gasteiger charge is -2.11. The smallest absolute Gasteiger partial charge is 0.239 e. The van der Waals surface area contributed by atoms with Crippen LogP contribution in [0.25, 0.3) is 10.9 Å².